The van der Waals surface area contributed by atoms with E-state index in [1.54, 1.807) is 30.5 Å². The van der Waals surface area contributed by atoms with E-state index >= 15 is 0 Å². The summed E-state index contributed by atoms with van der Waals surface area (Å²) < 4.78 is 6.79. The molecule has 88 valence electrons. The molecule has 0 amide bonds. The van der Waals surface area contributed by atoms with Gasteiger partial charge in [0, 0.05) is 11.2 Å². The molecule has 6 heteroatoms. The first-order valence-corrected chi connectivity index (χ1v) is 5.18. The molecule has 0 spiro atoms. The Morgan fingerprint density at radius 2 is 2.06 bits per heavy atom. The largest absolute Gasteiger partial charge is 0.476 e. The lowest BCUT2D eigenvalue weighted by molar-refractivity contribution is 0.0688. The zero-order chi connectivity index (χ0) is 12.3. The van der Waals surface area contributed by atoms with Crippen LogP contribution in [-0.4, -0.2) is 20.9 Å². The molecule has 1 heterocycles. The summed E-state index contributed by atoms with van der Waals surface area (Å²) in [6, 6.07) is 8.28. The minimum atomic E-state index is -1.06. The average Bonchev–Trinajstić information content (AvgIpc) is 2.77. The Morgan fingerprint density at radius 3 is 2.65 bits per heavy atom. The Kier molecular flexibility index (Phi) is 3.30. The Morgan fingerprint density at radius 1 is 1.35 bits per heavy atom. The van der Waals surface area contributed by atoms with Gasteiger partial charge in [0.15, 0.2) is 12.4 Å². The van der Waals surface area contributed by atoms with Crippen molar-refractivity contribution in [3.8, 4) is 5.75 Å². The molecule has 2 aromatic rings. The fraction of sp³-hybridized carbons (Fsp3) is 0.0909. The zero-order valence-electron chi connectivity index (χ0n) is 8.71. The van der Waals surface area contributed by atoms with Crippen LogP contribution < -0.4 is 4.74 Å². The number of halogens is 1. The normalized spacial score (nSPS) is 10.2. The highest BCUT2D eigenvalue weighted by molar-refractivity contribution is 6.30. The summed E-state index contributed by atoms with van der Waals surface area (Å²) in [5.74, 6) is -0.419. The van der Waals surface area contributed by atoms with E-state index in [4.69, 9.17) is 21.4 Å². The van der Waals surface area contributed by atoms with Gasteiger partial charge in [-0.2, -0.15) is 5.10 Å². The van der Waals surface area contributed by atoms with Crippen molar-refractivity contribution in [1.82, 2.24) is 9.78 Å². The molecule has 2 rings (SSSR count). The SMILES string of the molecule is O=C(O)c1ccn(COc2ccc(Cl)cc2)n1. The fourth-order valence-corrected chi connectivity index (χ4v) is 1.35. The number of aromatic carboxylic acids is 1. The lowest BCUT2D eigenvalue weighted by atomic mass is 10.3. The number of nitrogens with zero attached hydrogens (tertiary/aromatic N) is 2. The number of aromatic nitrogens is 2. The van der Waals surface area contributed by atoms with Crippen molar-refractivity contribution in [3.63, 3.8) is 0 Å². The molecule has 0 aliphatic carbocycles. The quantitative estimate of drug-likeness (QED) is 0.907. The van der Waals surface area contributed by atoms with E-state index in [0.717, 1.165) is 0 Å². The molecule has 17 heavy (non-hydrogen) atoms. The molecule has 0 aliphatic rings. The summed E-state index contributed by atoms with van der Waals surface area (Å²) in [5, 5.41) is 13.1. The summed E-state index contributed by atoms with van der Waals surface area (Å²) >= 11 is 5.73. The van der Waals surface area contributed by atoms with E-state index in [-0.39, 0.29) is 12.4 Å². The number of ether oxygens (including phenoxy) is 1. The summed E-state index contributed by atoms with van der Waals surface area (Å²) in [6.07, 6.45) is 1.54. The van der Waals surface area contributed by atoms with Crippen molar-refractivity contribution in [1.29, 1.82) is 0 Å². The number of carboxylic acid groups (broad SMARTS) is 1. The standard InChI is InChI=1S/C11H9ClN2O3/c12-8-1-3-9(4-2-8)17-7-14-6-5-10(13-14)11(15)16/h1-6H,7H2,(H,15,16). The van der Waals surface area contributed by atoms with Gasteiger partial charge in [-0.3, -0.25) is 0 Å². The van der Waals surface area contributed by atoms with Gasteiger partial charge in [-0.05, 0) is 30.3 Å². The Hall–Kier alpha value is -2.01. The Balaban J connectivity index is 1.97. The van der Waals surface area contributed by atoms with Gasteiger partial charge >= 0.3 is 5.97 Å². The van der Waals surface area contributed by atoms with Gasteiger partial charge in [0.2, 0.25) is 0 Å². The Bertz CT molecular complexity index is 522. The molecule has 0 saturated carbocycles. The van der Waals surface area contributed by atoms with E-state index in [1.165, 1.54) is 10.7 Å². The van der Waals surface area contributed by atoms with Crippen LogP contribution in [0.5, 0.6) is 5.75 Å². The van der Waals surface area contributed by atoms with Crippen LogP contribution in [0.1, 0.15) is 10.5 Å². The molecule has 1 aromatic heterocycles. The van der Waals surface area contributed by atoms with Gasteiger partial charge in [-0.25, -0.2) is 9.48 Å². The van der Waals surface area contributed by atoms with Crippen LogP contribution in [0.15, 0.2) is 36.5 Å². The van der Waals surface area contributed by atoms with Gasteiger partial charge in [0.1, 0.15) is 5.75 Å². The first-order chi connectivity index (χ1) is 8.15. The predicted molar refractivity (Wildman–Crippen MR) is 61.3 cm³/mol. The maximum absolute atomic E-state index is 10.6. The first kappa shape index (κ1) is 11.5. The molecule has 0 aliphatic heterocycles. The van der Waals surface area contributed by atoms with Gasteiger partial charge in [0.05, 0.1) is 0 Å². The van der Waals surface area contributed by atoms with Crippen molar-refractivity contribution < 1.29 is 14.6 Å². The molecule has 0 bridgehead atoms. The van der Waals surface area contributed by atoms with Gasteiger partial charge in [-0.15, -0.1) is 0 Å². The minimum absolute atomic E-state index is 0.00953. The van der Waals surface area contributed by atoms with Crippen LogP contribution in [0.4, 0.5) is 0 Å². The number of carbonyl (C=O) groups is 1. The van der Waals surface area contributed by atoms with Gasteiger partial charge in [0.25, 0.3) is 0 Å². The van der Waals surface area contributed by atoms with Crippen molar-refractivity contribution in [2.24, 2.45) is 0 Å². The Labute approximate surface area is 102 Å². The lowest BCUT2D eigenvalue weighted by Crippen LogP contribution is -2.07. The smallest absolute Gasteiger partial charge is 0.356 e. The third-order valence-electron chi connectivity index (χ3n) is 2.04. The summed E-state index contributed by atoms with van der Waals surface area (Å²) in [7, 11) is 0. The molecule has 0 radical (unpaired) electrons. The maximum Gasteiger partial charge on any atom is 0.356 e. The highest BCUT2D eigenvalue weighted by Gasteiger charge is 2.06. The topological polar surface area (TPSA) is 64.3 Å². The average molecular weight is 253 g/mol. The summed E-state index contributed by atoms with van der Waals surface area (Å²) in [6.45, 7) is 0.148. The van der Waals surface area contributed by atoms with Crippen LogP contribution in [0.2, 0.25) is 5.02 Å². The highest BCUT2D eigenvalue weighted by atomic mass is 35.5. The van der Waals surface area contributed by atoms with E-state index in [9.17, 15) is 4.79 Å². The fourth-order valence-electron chi connectivity index (χ4n) is 1.22. The van der Waals surface area contributed by atoms with Crippen molar-refractivity contribution in [2.45, 2.75) is 6.73 Å². The van der Waals surface area contributed by atoms with Crippen LogP contribution in [-0.2, 0) is 6.73 Å². The second-order valence-corrected chi connectivity index (χ2v) is 3.71. The molecule has 1 N–H and O–H groups in total. The number of hydrogen-bond donors (Lipinski definition) is 1. The van der Waals surface area contributed by atoms with E-state index in [0.29, 0.717) is 10.8 Å². The van der Waals surface area contributed by atoms with E-state index < -0.39 is 5.97 Å². The van der Waals surface area contributed by atoms with Crippen molar-refractivity contribution in [3.05, 3.63) is 47.2 Å². The minimum Gasteiger partial charge on any atom is -0.476 e. The maximum atomic E-state index is 10.6. The van der Waals surface area contributed by atoms with Gasteiger partial charge in [-0.1, -0.05) is 11.6 Å². The third kappa shape index (κ3) is 2.98. The molecule has 0 fully saturated rings. The molecule has 0 atom stereocenters. The molecule has 0 unspecified atom stereocenters. The van der Waals surface area contributed by atoms with Gasteiger partial charge < -0.3 is 9.84 Å². The zero-order valence-corrected chi connectivity index (χ0v) is 9.46. The van der Waals surface area contributed by atoms with Crippen LogP contribution >= 0.6 is 11.6 Å². The van der Waals surface area contributed by atoms with Crippen LogP contribution in [0.25, 0.3) is 0 Å². The van der Waals surface area contributed by atoms with Crippen molar-refractivity contribution in [2.75, 3.05) is 0 Å². The summed E-state index contributed by atoms with van der Waals surface area (Å²) in [5.41, 5.74) is -0.00953. The highest BCUT2D eigenvalue weighted by Crippen LogP contribution is 2.15. The number of carboxylic acids is 1. The number of benzene rings is 1. The molecule has 5 nitrogen and oxygen atoms in total. The predicted octanol–water partition coefficient (Wildman–Crippen LogP) is 2.27. The second kappa shape index (κ2) is 4.88. The molecule has 1 aromatic carbocycles. The molecular weight excluding hydrogens is 244 g/mol. The number of rotatable bonds is 4. The second-order valence-electron chi connectivity index (χ2n) is 3.27. The van der Waals surface area contributed by atoms with Crippen LogP contribution in [0, 0.1) is 0 Å². The van der Waals surface area contributed by atoms with E-state index in [2.05, 4.69) is 5.10 Å². The van der Waals surface area contributed by atoms with Crippen molar-refractivity contribution >= 4 is 17.6 Å². The number of hydrogen-bond acceptors (Lipinski definition) is 3. The summed E-state index contributed by atoms with van der Waals surface area (Å²) in [4.78, 5) is 10.6. The first-order valence-electron chi connectivity index (χ1n) is 4.80. The lowest BCUT2D eigenvalue weighted by Gasteiger charge is -2.05. The monoisotopic (exact) mass is 252 g/mol. The molecule has 0 saturated heterocycles. The van der Waals surface area contributed by atoms with E-state index in [1.807, 2.05) is 0 Å². The molecular formula is C11H9ClN2O3. The third-order valence-corrected chi connectivity index (χ3v) is 2.29. The van der Waals surface area contributed by atoms with Crippen LogP contribution in [0.3, 0.4) is 0 Å².